The lowest BCUT2D eigenvalue weighted by atomic mass is 10.1. The van der Waals surface area contributed by atoms with E-state index in [-0.39, 0.29) is 5.82 Å². The molecule has 0 saturated heterocycles. The summed E-state index contributed by atoms with van der Waals surface area (Å²) in [6, 6.07) is 20.6. The maximum Gasteiger partial charge on any atom is 0.132 e. The molecule has 2 heteroatoms. The van der Waals surface area contributed by atoms with Crippen LogP contribution >= 0.6 is 0 Å². The fourth-order valence-corrected chi connectivity index (χ4v) is 2.08. The van der Waals surface area contributed by atoms with Gasteiger partial charge in [0, 0.05) is 17.4 Å². The van der Waals surface area contributed by atoms with Gasteiger partial charge in [0.15, 0.2) is 0 Å². The first-order chi connectivity index (χ1) is 8.86. The van der Waals surface area contributed by atoms with Gasteiger partial charge in [0.25, 0.3) is 0 Å². The summed E-state index contributed by atoms with van der Waals surface area (Å²) in [6.45, 7) is 0. The number of para-hydroxylation sites is 1. The minimum absolute atomic E-state index is 0.201. The van der Waals surface area contributed by atoms with E-state index in [9.17, 15) is 4.39 Å². The van der Waals surface area contributed by atoms with Crippen LogP contribution in [-0.2, 0) is 0 Å². The zero-order valence-corrected chi connectivity index (χ0v) is 9.75. The van der Waals surface area contributed by atoms with Gasteiger partial charge in [-0.25, -0.2) is 4.39 Å². The lowest BCUT2D eigenvalue weighted by Crippen LogP contribution is -1.95. The van der Waals surface area contributed by atoms with E-state index in [2.05, 4.69) is 0 Å². The molecule has 88 valence electrons. The van der Waals surface area contributed by atoms with Crippen molar-refractivity contribution in [3.05, 3.63) is 78.7 Å². The normalized spacial score (nSPS) is 10.5. The summed E-state index contributed by atoms with van der Waals surface area (Å²) < 4.78 is 15.8. The molecule has 0 atom stereocenters. The number of aromatic nitrogens is 1. The van der Waals surface area contributed by atoms with E-state index in [4.69, 9.17) is 0 Å². The average Bonchev–Trinajstić information content (AvgIpc) is 2.89. The van der Waals surface area contributed by atoms with Crippen molar-refractivity contribution >= 4 is 0 Å². The number of nitrogens with zero attached hydrogens (tertiary/aromatic N) is 1. The van der Waals surface area contributed by atoms with Gasteiger partial charge in [-0.3, -0.25) is 0 Å². The highest BCUT2D eigenvalue weighted by Gasteiger charge is 2.09. The topological polar surface area (TPSA) is 4.93 Å². The molecule has 0 unspecified atom stereocenters. The quantitative estimate of drug-likeness (QED) is 0.626. The van der Waals surface area contributed by atoms with Gasteiger partial charge >= 0.3 is 0 Å². The smallest absolute Gasteiger partial charge is 0.132 e. The molecule has 0 fully saturated rings. The largest absolute Gasteiger partial charge is 0.316 e. The Balaban J connectivity index is 2.16. The summed E-state index contributed by atoms with van der Waals surface area (Å²) in [6.07, 6.45) is 1.94. The van der Waals surface area contributed by atoms with E-state index in [1.54, 1.807) is 12.1 Å². The lowest BCUT2D eigenvalue weighted by Gasteiger charge is -2.09. The first-order valence-corrected chi connectivity index (χ1v) is 5.84. The Kier molecular flexibility index (Phi) is 2.69. The van der Waals surface area contributed by atoms with Gasteiger partial charge in [-0.2, -0.15) is 0 Å². The van der Waals surface area contributed by atoms with E-state index >= 15 is 0 Å². The Hall–Kier alpha value is -2.35. The Morgan fingerprint density at radius 3 is 2.22 bits per heavy atom. The van der Waals surface area contributed by atoms with E-state index in [1.807, 2.05) is 59.3 Å². The molecule has 0 saturated carbocycles. The van der Waals surface area contributed by atoms with Crippen molar-refractivity contribution < 1.29 is 4.39 Å². The van der Waals surface area contributed by atoms with Crippen molar-refractivity contribution in [1.82, 2.24) is 4.57 Å². The first-order valence-electron chi connectivity index (χ1n) is 5.84. The molecule has 0 spiro atoms. The third-order valence-corrected chi connectivity index (χ3v) is 2.93. The molecule has 0 aliphatic carbocycles. The second-order valence-corrected chi connectivity index (χ2v) is 4.08. The molecule has 3 rings (SSSR count). The van der Waals surface area contributed by atoms with Crippen molar-refractivity contribution in [2.24, 2.45) is 0 Å². The number of hydrogen-bond donors (Lipinski definition) is 0. The number of hydrogen-bond acceptors (Lipinski definition) is 0. The van der Waals surface area contributed by atoms with Crippen molar-refractivity contribution in [2.45, 2.75) is 0 Å². The maximum absolute atomic E-state index is 13.8. The summed E-state index contributed by atoms with van der Waals surface area (Å²) in [4.78, 5) is 0. The molecular weight excluding hydrogens is 225 g/mol. The fraction of sp³-hybridized carbons (Fsp3) is 0. The van der Waals surface area contributed by atoms with Crippen LogP contribution in [0.5, 0.6) is 0 Å². The Bertz CT molecular complexity index is 656. The second-order valence-electron chi connectivity index (χ2n) is 4.08. The average molecular weight is 237 g/mol. The molecule has 0 amide bonds. The summed E-state index contributed by atoms with van der Waals surface area (Å²) in [5.41, 5.74) is 2.51. The standard InChI is InChI=1S/C16H12FN/c17-15-10-5-4-9-14(15)16-11-6-12-18(16)13-7-2-1-3-8-13/h1-12H. The van der Waals surface area contributed by atoms with E-state index in [0.717, 1.165) is 11.4 Å². The van der Waals surface area contributed by atoms with Crippen molar-refractivity contribution in [1.29, 1.82) is 0 Å². The Labute approximate surface area is 105 Å². The van der Waals surface area contributed by atoms with Crippen LogP contribution in [0.4, 0.5) is 4.39 Å². The minimum atomic E-state index is -0.201. The molecule has 2 aromatic carbocycles. The van der Waals surface area contributed by atoms with Gasteiger partial charge in [-0.1, -0.05) is 30.3 Å². The van der Waals surface area contributed by atoms with Crippen molar-refractivity contribution in [3.63, 3.8) is 0 Å². The van der Waals surface area contributed by atoms with Crippen LogP contribution in [0.25, 0.3) is 16.9 Å². The van der Waals surface area contributed by atoms with Crippen molar-refractivity contribution in [3.8, 4) is 16.9 Å². The zero-order chi connectivity index (χ0) is 12.4. The van der Waals surface area contributed by atoms with Crippen molar-refractivity contribution in [2.75, 3.05) is 0 Å². The fourth-order valence-electron chi connectivity index (χ4n) is 2.08. The van der Waals surface area contributed by atoms with E-state index in [0.29, 0.717) is 5.56 Å². The van der Waals surface area contributed by atoms with Gasteiger partial charge in [0.05, 0.1) is 5.69 Å². The Morgan fingerprint density at radius 1 is 0.722 bits per heavy atom. The summed E-state index contributed by atoms with van der Waals surface area (Å²) in [5, 5.41) is 0. The predicted octanol–water partition coefficient (Wildman–Crippen LogP) is 4.28. The molecule has 18 heavy (non-hydrogen) atoms. The molecule has 0 bridgehead atoms. The highest BCUT2D eigenvalue weighted by Crippen LogP contribution is 2.25. The molecule has 3 aromatic rings. The monoisotopic (exact) mass is 237 g/mol. The van der Waals surface area contributed by atoms with Crippen LogP contribution in [0, 0.1) is 5.82 Å². The van der Waals surface area contributed by atoms with Gasteiger partial charge < -0.3 is 4.57 Å². The van der Waals surface area contributed by atoms with Gasteiger partial charge in [0.2, 0.25) is 0 Å². The molecule has 1 aromatic heterocycles. The van der Waals surface area contributed by atoms with Crippen LogP contribution < -0.4 is 0 Å². The van der Waals surface area contributed by atoms with E-state index in [1.165, 1.54) is 6.07 Å². The number of rotatable bonds is 2. The van der Waals surface area contributed by atoms with Crippen LogP contribution in [0.15, 0.2) is 72.9 Å². The third kappa shape index (κ3) is 1.82. The highest BCUT2D eigenvalue weighted by atomic mass is 19.1. The van der Waals surface area contributed by atoms with Crippen LogP contribution in [0.1, 0.15) is 0 Å². The SMILES string of the molecule is Fc1ccccc1-c1cccn1-c1ccccc1. The van der Waals surface area contributed by atoms with Crippen LogP contribution in [0.2, 0.25) is 0 Å². The molecule has 1 heterocycles. The molecule has 1 nitrogen and oxygen atoms in total. The molecule has 0 radical (unpaired) electrons. The summed E-state index contributed by atoms with van der Waals surface area (Å²) >= 11 is 0. The van der Waals surface area contributed by atoms with Gasteiger partial charge in [0.1, 0.15) is 5.82 Å². The zero-order valence-electron chi connectivity index (χ0n) is 9.75. The Morgan fingerprint density at radius 2 is 1.44 bits per heavy atom. The second kappa shape index (κ2) is 4.49. The maximum atomic E-state index is 13.8. The van der Waals surface area contributed by atoms with Crippen LogP contribution in [0.3, 0.4) is 0 Å². The van der Waals surface area contributed by atoms with Gasteiger partial charge in [-0.05, 0) is 36.4 Å². The predicted molar refractivity (Wildman–Crippen MR) is 71.2 cm³/mol. The summed E-state index contributed by atoms with van der Waals surface area (Å²) in [7, 11) is 0. The molecular formula is C16H12FN. The van der Waals surface area contributed by atoms with Crippen LogP contribution in [-0.4, -0.2) is 4.57 Å². The first kappa shape index (κ1) is 10.8. The van der Waals surface area contributed by atoms with E-state index < -0.39 is 0 Å². The third-order valence-electron chi connectivity index (χ3n) is 2.93. The number of halogens is 1. The number of benzene rings is 2. The summed E-state index contributed by atoms with van der Waals surface area (Å²) in [5.74, 6) is -0.201. The molecule has 0 aliphatic heterocycles. The van der Waals surface area contributed by atoms with Gasteiger partial charge in [-0.15, -0.1) is 0 Å². The molecule has 0 N–H and O–H groups in total. The highest BCUT2D eigenvalue weighted by molar-refractivity contribution is 5.63. The lowest BCUT2D eigenvalue weighted by molar-refractivity contribution is 0.630. The minimum Gasteiger partial charge on any atom is -0.316 e. The molecule has 0 aliphatic rings.